The molecule has 5 nitrogen and oxygen atoms in total. The molecule has 1 amide bonds. The largest absolute Gasteiger partial charge is 0.494 e. The van der Waals surface area contributed by atoms with Crippen molar-refractivity contribution in [3.8, 4) is 5.75 Å². The van der Waals surface area contributed by atoms with Crippen LogP contribution >= 0.6 is 11.6 Å². The van der Waals surface area contributed by atoms with E-state index in [9.17, 15) is 9.59 Å². The third-order valence-corrected chi connectivity index (χ3v) is 4.43. The molecule has 0 saturated carbocycles. The first-order valence-corrected chi connectivity index (χ1v) is 8.67. The maximum absolute atomic E-state index is 12.1. The summed E-state index contributed by atoms with van der Waals surface area (Å²) in [6, 6.07) is 10.5. The fraction of sp³-hybridized carbons (Fsp3) is 0.300. The van der Waals surface area contributed by atoms with Gasteiger partial charge in [0.05, 0.1) is 25.0 Å². The summed E-state index contributed by atoms with van der Waals surface area (Å²) in [6.07, 6.45) is 0.827. The van der Waals surface area contributed by atoms with E-state index in [1.54, 1.807) is 24.3 Å². The molecule has 0 fully saturated rings. The van der Waals surface area contributed by atoms with Crippen LogP contribution in [-0.2, 0) is 9.53 Å². The third kappa shape index (κ3) is 5.23. The number of halogens is 1. The molecule has 0 unspecified atom stereocenters. The monoisotopic (exact) mass is 375 g/mol. The predicted molar refractivity (Wildman–Crippen MR) is 102 cm³/mol. The SMILES string of the molecule is COC(=O)c1ccccc1NC(=O)CCCOc1cc(C)c(Cl)c(C)c1. The minimum absolute atomic E-state index is 0.187. The maximum atomic E-state index is 12.1. The molecule has 0 saturated heterocycles. The number of nitrogens with one attached hydrogen (secondary N) is 1. The van der Waals surface area contributed by atoms with Gasteiger partial charge in [0.2, 0.25) is 5.91 Å². The van der Waals surface area contributed by atoms with Crippen molar-refractivity contribution in [1.82, 2.24) is 0 Å². The first-order chi connectivity index (χ1) is 12.4. The normalized spacial score (nSPS) is 10.3. The van der Waals surface area contributed by atoms with Gasteiger partial charge in [-0.2, -0.15) is 0 Å². The molecule has 26 heavy (non-hydrogen) atoms. The highest BCUT2D eigenvalue weighted by molar-refractivity contribution is 6.32. The number of amides is 1. The summed E-state index contributed by atoms with van der Waals surface area (Å²) in [4.78, 5) is 23.8. The van der Waals surface area contributed by atoms with Crippen LogP contribution in [0.1, 0.15) is 34.3 Å². The molecule has 2 aromatic rings. The Bertz CT molecular complexity index is 781. The van der Waals surface area contributed by atoms with Crippen LogP contribution in [0.15, 0.2) is 36.4 Å². The first kappa shape index (κ1) is 19.8. The van der Waals surface area contributed by atoms with E-state index >= 15 is 0 Å². The Hall–Kier alpha value is -2.53. The molecular weight excluding hydrogens is 354 g/mol. The Balaban J connectivity index is 1.84. The molecule has 2 aromatic carbocycles. The zero-order valence-corrected chi connectivity index (χ0v) is 15.9. The molecule has 1 N–H and O–H groups in total. The summed E-state index contributed by atoms with van der Waals surface area (Å²) in [5.41, 5.74) is 2.68. The molecule has 2 rings (SSSR count). The Kier molecular flexibility index (Phi) is 7.04. The minimum atomic E-state index is -0.488. The number of anilines is 1. The van der Waals surface area contributed by atoms with Crippen LogP contribution in [0.5, 0.6) is 5.75 Å². The van der Waals surface area contributed by atoms with Crippen LogP contribution in [0, 0.1) is 13.8 Å². The molecule has 0 bridgehead atoms. The summed E-state index contributed by atoms with van der Waals surface area (Å²) < 4.78 is 10.4. The molecule has 0 aliphatic carbocycles. The molecule has 6 heteroatoms. The highest BCUT2D eigenvalue weighted by Crippen LogP contribution is 2.26. The van der Waals surface area contributed by atoms with Gasteiger partial charge in [-0.15, -0.1) is 0 Å². The number of methoxy groups -OCH3 is 1. The van der Waals surface area contributed by atoms with Crippen molar-refractivity contribution in [3.63, 3.8) is 0 Å². The molecule has 0 aliphatic rings. The topological polar surface area (TPSA) is 64.6 Å². The van der Waals surface area contributed by atoms with E-state index < -0.39 is 5.97 Å². The number of esters is 1. The van der Waals surface area contributed by atoms with Crippen molar-refractivity contribution in [2.75, 3.05) is 19.0 Å². The Morgan fingerprint density at radius 1 is 1.12 bits per heavy atom. The van der Waals surface area contributed by atoms with Crippen molar-refractivity contribution < 1.29 is 19.1 Å². The fourth-order valence-corrected chi connectivity index (χ4v) is 2.61. The van der Waals surface area contributed by atoms with Crippen molar-refractivity contribution in [3.05, 3.63) is 58.1 Å². The zero-order chi connectivity index (χ0) is 19.1. The minimum Gasteiger partial charge on any atom is -0.494 e. The number of hydrogen-bond acceptors (Lipinski definition) is 4. The molecule has 0 heterocycles. The number of para-hydroxylation sites is 1. The second-order valence-corrected chi connectivity index (χ2v) is 6.29. The standard InChI is InChI=1S/C20H22ClNO4/c1-13-11-15(12-14(2)19(13)21)26-10-6-9-18(23)22-17-8-5-4-7-16(17)20(24)25-3/h4-5,7-8,11-12H,6,9-10H2,1-3H3,(H,22,23). The van der Waals surface area contributed by atoms with Gasteiger partial charge in [-0.25, -0.2) is 4.79 Å². The van der Waals surface area contributed by atoms with Crippen molar-refractivity contribution in [1.29, 1.82) is 0 Å². The third-order valence-electron chi connectivity index (χ3n) is 3.83. The number of carbonyl (C=O) groups is 2. The highest BCUT2D eigenvalue weighted by atomic mass is 35.5. The van der Waals surface area contributed by atoms with Gasteiger partial charge in [-0.3, -0.25) is 4.79 Å². The van der Waals surface area contributed by atoms with Crippen LogP contribution in [0.3, 0.4) is 0 Å². The van der Waals surface area contributed by atoms with Crippen molar-refractivity contribution in [2.45, 2.75) is 26.7 Å². The maximum Gasteiger partial charge on any atom is 0.339 e. The molecule has 0 radical (unpaired) electrons. The average Bonchev–Trinajstić information content (AvgIpc) is 2.63. The van der Waals surface area contributed by atoms with Gasteiger partial charge in [0.25, 0.3) is 0 Å². The van der Waals surface area contributed by atoms with E-state index in [-0.39, 0.29) is 12.3 Å². The van der Waals surface area contributed by atoms with Crippen LogP contribution in [0.2, 0.25) is 5.02 Å². The lowest BCUT2D eigenvalue weighted by Gasteiger charge is -2.11. The van der Waals surface area contributed by atoms with Crippen LogP contribution in [0.4, 0.5) is 5.69 Å². The summed E-state index contributed by atoms with van der Waals surface area (Å²) in [5, 5.41) is 3.47. The predicted octanol–water partition coefficient (Wildman–Crippen LogP) is 4.54. The number of carbonyl (C=O) groups excluding carboxylic acids is 2. The Morgan fingerprint density at radius 3 is 2.42 bits per heavy atom. The van der Waals surface area contributed by atoms with Gasteiger partial charge in [0.1, 0.15) is 5.75 Å². The van der Waals surface area contributed by atoms with E-state index in [4.69, 9.17) is 21.1 Å². The van der Waals surface area contributed by atoms with E-state index in [0.717, 1.165) is 21.9 Å². The average molecular weight is 376 g/mol. The second kappa shape index (κ2) is 9.25. The lowest BCUT2D eigenvalue weighted by Crippen LogP contribution is -2.15. The fourth-order valence-electron chi connectivity index (χ4n) is 2.51. The number of benzene rings is 2. The zero-order valence-electron chi connectivity index (χ0n) is 15.1. The molecule has 0 atom stereocenters. The molecule has 0 aromatic heterocycles. The summed E-state index contributed by atoms with van der Waals surface area (Å²) in [5.74, 6) is 0.0620. The van der Waals surface area contributed by atoms with Gasteiger partial charge in [0, 0.05) is 11.4 Å². The number of rotatable bonds is 7. The number of aryl methyl sites for hydroxylation is 2. The van der Waals surface area contributed by atoms with Crippen LogP contribution < -0.4 is 10.1 Å². The smallest absolute Gasteiger partial charge is 0.339 e. The van der Waals surface area contributed by atoms with Gasteiger partial charge in [0.15, 0.2) is 0 Å². The van der Waals surface area contributed by atoms with Gasteiger partial charge < -0.3 is 14.8 Å². The van der Waals surface area contributed by atoms with Crippen molar-refractivity contribution in [2.24, 2.45) is 0 Å². The van der Waals surface area contributed by atoms with Crippen molar-refractivity contribution >= 4 is 29.2 Å². The molecule has 138 valence electrons. The van der Waals surface area contributed by atoms with Crippen LogP contribution in [-0.4, -0.2) is 25.6 Å². The molecule has 0 aliphatic heterocycles. The van der Waals surface area contributed by atoms with Gasteiger partial charge in [-0.1, -0.05) is 23.7 Å². The van der Waals surface area contributed by atoms with E-state index in [2.05, 4.69) is 5.32 Å². The van der Waals surface area contributed by atoms with Gasteiger partial charge >= 0.3 is 5.97 Å². The lowest BCUT2D eigenvalue weighted by molar-refractivity contribution is -0.116. The quantitative estimate of drug-likeness (QED) is 0.570. The summed E-state index contributed by atoms with van der Waals surface area (Å²) in [6.45, 7) is 4.26. The Morgan fingerprint density at radius 2 is 1.77 bits per heavy atom. The summed E-state index contributed by atoms with van der Waals surface area (Å²) in [7, 11) is 1.30. The summed E-state index contributed by atoms with van der Waals surface area (Å²) >= 11 is 6.13. The van der Waals surface area contributed by atoms with Gasteiger partial charge in [-0.05, 0) is 55.7 Å². The lowest BCUT2D eigenvalue weighted by atomic mass is 10.1. The van der Waals surface area contributed by atoms with E-state index in [1.165, 1.54) is 7.11 Å². The first-order valence-electron chi connectivity index (χ1n) is 8.29. The van der Waals surface area contributed by atoms with E-state index in [0.29, 0.717) is 24.3 Å². The van der Waals surface area contributed by atoms with E-state index in [1.807, 2.05) is 26.0 Å². The molecular formula is C20H22ClNO4. The number of hydrogen-bond donors (Lipinski definition) is 1. The Labute approximate surface area is 158 Å². The van der Waals surface area contributed by atoms with Crippen LogP contribution in [0.25, 0.3) is 0 Å². The number of ether oxygens (including phenoxy) is 2. The molecule has 0 spiro atoms. The second-order valence-electron chi connectivity index (χ2n) is 5.91. The highest BCUT2D eigenvalue weighted by Gasteiger charge is 2.13.